The van der Waals surface area contributed by atoms with Crippen molar-refractivity contribution in [2.75, 3.05) is 4.90 Å². The molecule has 0 radical (unpaired) electrons. The molecule has 0 atom stereocenters. The minimum absolute atomic E-state index is 0.0787. The lowest BCUT2D eigenvalue weighted by atomic mass is 9.73. The summed E-state index contributed by atoms with van der Waals surface area (Å²) in [6.45, 7) is 4.65. The fourth-order valence-electron chi connectivity index (χ4n) is 8.01. The Morgan fingerprint density at radius 3 is 1.42 bits per heavy atom. The lowest BCUT2D eigenvalue weighted by Gasteiger charge is -2.42. The zero-order valence-corrected chi connectivity index (χ0v) is 30.6. The largest absolute Gasteiger partial charge is 0.317 e. The number of hydrogen-bond donors (Lipinski definition) is 0. The molecular weight excluding hydrogens is 671 g/mol. The van der Waals surface area contributed by atoms with Gasteiger partial charge in [0.1, 0.15) is 0 Å². The first-order valence-electron chi connectivity index (χ1n) is 18.7. The lowest BCUT2D eigenvalue weighted by Crippen LogP contribution is -2.30. The van der Waals surface area contributed by atoms with Gasteiger partial charge in [-0.3, -0.25) is 0 Å². The van der Waals surface area contributed by atoms with E-state index in [1.165, 1.54) is 39.0 Å². The van der Waals surface area contributed by atoms with Crippen LogP contribution >= 0.6 is 0 Å². The van der Waals surface area contributed by atoms with E-state index in [1.54, 1.807) is 0 Å². The summed E-state index contributed by atoms with van der Waals surface area (Å²) >= 11 is 0. The van der Waals surface area contributed by atoms with Crippen LogP contribution in [0.1, 0.15) is 25.0 Å². The number of fused-ring (bicyclic) bond motifs is 3. The van der Waals surface area contributed by atoms with Crippen molar-refractivity contribution in [1.29, 1.82) is 0 Å². The Hall–Kier alpha value is -7.11. The maximum absolute atomic E-state index is 4.91. The van der Waals surface area contributed by atoms with Crippen LogP contribution in [0, 0.1) is 0 Å². The van der Waals surface area contributed by atoms with Crippen molar-refractivity contribution in [3.8, 4) is 51.0 Å². The second-order valence-corrected chi connectivity index (χ2v) is 14.6. The van der Waals surface area contributed by atoms with Gasteiger partial charge in [-0.1, -0.05) is 129 Å². The monoisotopic (exact) mass is 707 g/mol. The fourth-order valence-corrected chi connectivity index (χ4v) is 8.01. The van der Waals surface area contributed by atoms with E-state index < -0.39 is 0 Å². The molecule has 5 heteroatoms. The van der Waals surface area contributed by atoms with Gasteiger partial charge in [-0.25, -0.2) is 15.0 Å². The summed E-state index contributed by atoms with van der Waals surface area (Å²) in [6, 6.07) is 64.1. The van der Waals surface area contributed by atoms with Crippen molar-refractivity contribution >= 4 is 28.0 Å². The molecule has 262 valence electrons. The van der Waals surface area contributed by atoms with E-state index >= 15 is 0 Å². The van der Waals surface area contributed by atoms with Crippen LogP contribution in [0.3, 0.4) is 0 Å². The zero-order chi connectivity index (χ0) is 36.9. The predicted molar refractivity (Wildman–Crippen MR) is 225 cm³/mol. The molecule has 0 N–H and O–H groups in total. The Morgan fingerprint density at radius 1 is 0.400 bits per heavy atom. The average molecular weight is 708 g/mol. The Morgan fingerprint density at radius 2 is 0.855 bits per heavy atom. The molecule has 55 heavy (non-hydrogen) atoms. The molecule has 3 heterocycles. The summed E-state index contributed by atoms with van der Waals surface area (Å²) in [6.07, 6.45) is 2.14. The lowest BCUT2D eigenvalue weighted by molar-refractivity contribution is 0.632. The molecule has 7 aromatic carbocycles. The van der Waals surface area contributed by atoms with E-state index in [1.807, 2.05) is 60.7 Å². The minimum Gasteiger partial charge on any atom is -0.317 e. The Balaban J connectivity index is 0.943. The molecular formula is C50H37N5. The molecule has 10 rings (SSSR count). The van der Waals surface area contributed by atoms with Crippen LogP contribution in [0.25, 0.3) is 61.9 Å². The summed E-state index contributed by atoms with van der Waals surface area (Å²) in [7, 11) is 0. The van der Waals surface area contributed by atoms with Crippen molar-refractivity contribution in [3.63, 3.8) is 0 Å². The number of aromatic nitrogens is 4. The Kier molecular flexibility index (Phi) is 7.74. The Bertz CT molecular complexity index is 2710. The molecule has 0 aliphatic carbocycles. The van der Waals surface area contributed by atoms with E-state index in [4.69, 9.17) is 15.0 Å². The number of hydrogen-bond acceptors (Lipinski definition) is 4. The molecule has 1 aliphatic heterocycles. The fraction of sp³-hybridized carbons (Fsp3) is 0.0600. The molecule has 0 fully saturated rings. The van der Waals surface area contributed by atoms with Crippen LogP contribution in [0.2, 0.25) is 0 Å². The third-order valence-electron chi connectivity index (χ3n) is 10.9. The molecule has 0 saturated carbocycles. The van der Waals surface area contributed by atoms with E-state index in [0.29, 0.717) is 17.5 Å². The van der Waals surface area contributed by atoms with Crippen LogP contribution in [0.5, 0.6) is 0 Å². The minimum atomic E-state index is -0.0787. The van der Waals surface area contributed by atoms with Crippen LogP contribution in [0.4, 0.5) is 17.1 Å². The second-order valence-electron chi connectivity index (χ2n) is 14.6. The Labute approximate surface area is 320 Å². The van der Waals surface area contributed by atoms with Gasteiger partial charge in [0.2, 0.25) is 0 Å². The molecule has 0 amide bonds. The highest BCUT2D eigenvalue weighted by Crippen LogP contribution is 2.51. The quantitative estimate of drug-likeness (QED) is 0.173. The zero-order valence-electron chi connectivity index (χ0n) is 30.6. The third kappa shape index (κ3) is 5.69. The maximum Gasteiger partial charge on any atom is 0.164 e. The van der Waals surface area contributed by atoms with Gasteiger partial charge < -0.3 is 9.47 Å². The van der Waals surface area contributed by atoms with Crippen molar-refractivity contribution in [3.05, 3.63) is 199 Å². The molecule has 0 unspecified atom stereocenters. The number of anilines is 3. The van der Waals surface area contributed by atoms with Crippen molar-refractivity contribution in [1.82, 2.24) is 19.5 Å². The van der Waals surface area contributed by atoms with E-state index in [0.717, 1.165) is 33.6 Å². The van der Waals surface area contributed by atoms with Gasteiger partial charge in [0, 0.05) is 45.1 Å². The number of nitrogens with zero attached hydrogens (tertiary/aromatic N) is 5. The smallest absolute Gasteiger partial charge is 0.164 e. The highest BCUT2D eigenvalue weighted by molar-refractivity contribution is 5.89. The van der Waals surface area contributed by atoms with Crippen molar-refractivity contribution in [2.45, 2.75) is 19.3 Å². The van der Waals surface area contributed by atoms with Gasteiger partial charge in [-0.05, 0) is 89.0 Å². The van der Waals surface area contributed by atoms with Gasteiger partial charge in [0.25, 0.3) is 0 Å². The van der Waals surface area contributed by atoms with Gasteiger partial charge in [-0.15, -0.1) is 0 Å². The first-order valence-corrected chi connectivity index (χ1v) is 18.7. The normalized spacial score (nSPS) is 13.0. The highest BCUT2D eigenvalue weighted by atomic mass is 15.2. The summed E-state index contributed by atoms with van der Waals surface area (Å²) in [5, 5.41) is 1.18. The summed E-state index contributed by atoms with van der Waals surface area (Å²) in [4.78, 5) is 17.1. The molecule has 2 aromatic heterocycles. The van der Waals surface area contributed by atoms with Crippen LogP contribution in [-0.4, -0.2) is 19.5 Å². The first-order chi connectivity index (χ1) is 27.0. The maximum atomic E-state index is 4.91. The first kappa shape index (κ1) is 32.5. The third-order valence-corrected chi connectivity index (χ3v) is 10.9. The van der Waals surface area contributed by atoms with E-state index in [2.05, 4.69) is 151 Å². The summed E-state index contributed by atoms with van der Waals surface area (Å²) in [5.41, 5.74) is 13.6. The summed E-state index contributed by atoms with van der Waals surface area (Å²) in [5.74, 6) is 1.95. The van der Waals surface area contributed by atoms with Crippen LogP contribution in [-0.2, 0) is 5.41 Å². The molecule has 0 spiro atoms. The molecule has 5 nitrogen and oxygen atoms in total. The highest BCUT2D eigenvalue weighted by Gasteiger charge is 2.36. The molecule has 0 bridgehead atoms. The van der Waals surface area contributed by atoms with Crippen molar-refractivity contribution in [2.24, 2.45) is 0 Å². The van der Waals surface area contributed by atoms with Gasteiger partial charge in [0.05, 0.1) is 16.9 Å². The molecule has 9 aromatic rings. The van der Waals surface area contributed by atoms with Crippen LogP contribution < -0.4 is 4.90 Å². The average Bonchev–Trinajstić information content (AvgIpc) is 3.68. The van der Waals surface area contributed by atoms with Gasteiger partial charge >= 0.3 is 0 Å². The number of rotatable bonds is 6. The van der Waals surface area contributed by atoms with Crippen molar-refractivity contribution < 1.29 is 0 Å². The van der Waals surface area contributed by atoms with E-state index in [-0.39, 0.29) is 5.41 Å². The second kappa shape index (κ2) is 13.1. The topological polar surface area (TPSA) is 46.8 Å². The predicted octanol–water partition coefficient (Wildman–Crippen LogP) is 12.6. The summed E-state index contributed by atoms with van der Waals surface area (Å²) < 4.78 is 2.23. The number of benzene rings is 7. The molecule has 0 saturated heterocycles. The van der Waals surface area contributed by atoms with Gasteiger partial charge in [-0.2, -0.15) is 0 Å². The SMILES string of the molecule is CC1(C)c2ccccc2N(c2ccc(-c3ccc4c(ccn4-c4ccc(-c5nc(-c6ccccc6)nc(-c6ccccc6)n5)cc4)c3)cc2)c2ccccc21. The molecule has 1 aliphatic rings. The van der Waals surface area contributed by atoms with Crippen LogP contribution in [0.15, 0.2) is 188 Å². The number of para-hydroxylation sites is 2. The van der Waals surface area contributed by atoms with Gasteiger partial charge in [0.15, 0.2) is 17.5 Å². The van der Waals surface area contributed by atoms with E-state index in [9.17, 15) is 0 Å². The standard InChI is InChI=1S/C50H37N5/c1-50(2)42-17-9-11-19-45(42)55(46-20-12-10-18-43(46)50)41-28-21-34(22-29-41)38-25-30-44-39(33-38)31-32-54(44)40-26-23-37(24-27-40)49-52-47(35-13-5-3-6-14-35)51-48(53-49)36-15-7-4-8-16-36/h3-33H,1-2H3.